The van der Waals surface area contributed by atoms with Gasteiger partial charge in [-0.25, -0.2) is 4.39 Å². The first-order valence-electron chi connectivity index (χ1n) is 6.62. The quantitative estimate of drug-likeness (QED) is 0.384. The van der Waals surface area contributed by atoms with E-state index in [1.165, 1.54) is 11.6 Å². The molecule has 4 nitrogen and oxygen atoms in total. The zero-order chi connectivity index (χ0) is 15.2. The van der Waals surface area contributed by atoms with E-state index in [0.29, 0.717) is 16.9 Å². The second kappa shape index (κ2) is 6.74. The van der Waals surface area contributed by atoms with Gasteiger partial charge in [0.15, 0.2) is 5.84 Å². The standard InChI is InChI=1S/C16H17FN2O2/c1-2-11-3-7-14(8-4-11)21-10-13-6-5-12(9-15(13)17)16(18)19-20/h3-9,20H,2,10H2,1H3,(H2,18,19). The Morgan fingerprint density at radius 1 is 1.24 bits per heavy atom. The number of rotatable bonds is 5. The van der Waals surface area contributed by atoms with E-state index >= 15 is 0 Å². The number of amidine groups is 1. The highest BCUT2D eigenvalue weighted by molar-refractivity contribution is 5.97. The minimum atomic E-state index is -0.454. The molecule has 0 spiro atoms. The monoisotopic (exact) mass is 288 g/mol. The molecule has 0 unspecified atom stereocenters. The first-order chi connectivity index (χ1) is 10.1. The Kier molecular flexibility index (Phi) is 4.77. The normalized spacial score (nSPS) is 11.4. The summed E-state index contributed by atoms with van der Waals surface area (Å²) in [6.45, 7) is 2.20. The number of aryl methyl sites for hydroxylation is 1. The van der Waals surface area contributed by atoms with Crippen LogP contribution in [-0.4, -0.2) is 11.0 Å². The fourth-order valence-electron chi connectivity index (χ4n) is 1.86. The first kappa shape index (κ1) is 14.8. The summed E-state index contributed by atoms with van der Waals surface area (Å²) in [7, 11) is 0. The molecule has 0 radical (unpaired) electrons. The number of nitrogens with two attached hydrogens (primary N) is 1. The molecule has 0 fully saturated rings. The van der Waals surface area contributed by atoms with Crippen molar-refractivity contribution in [3.8, 4) is 5.75 Å². The van der Waals surface area contributed by atoms with Crippen molar-refractivity contribution >= 4 is 5.84 Å². The first-order valence-corrected chi connectivity index (χ1v) is 6.62. The lowest BCUT2D eigenvalue weighted by Crippen LogP contribution is -2.13. The molecule has 2 aromatic carbocycles. The number of halogens is 1. The van der Waals surface area contributed by atoms with E-state index in [0.717, 1.165) is 6.42 Å². The fourth-order valence-corrected chi connectivity index (χ4v) is 1.86. The summed E-state index contributed by atoms with van der Waals surface area (Å²) in [4.78, 5) is 0. The van der Waals surface area contributed by atoms with Crippen LogP contribution >= 0.6 is 0 Å². The molecule has 0 saturated carbocycles. The van der Waals surface area contributed by atoms with Gasteiger partial charge in [0.2, 0.25) is 0 Å². The van der Waals surface area contributed by atoms with E-state index in [-0.39, 0.29) is 12.4 Å². The summed E-state index contributed by atoms with van der Waals surface area (Å²) in [6.07, 6.45) is 0.963. The van der Waals surface area contributed by atoms with Gasteiger partial charge in [-0.2, -0.15) is 0 Å². The van der Waals surface area contributed by atoms with Gasteiger partial charge in [-0.05, 0) is 30.2 Å². The molecule has 3 N–H and O–H groups in total. The third-order valence-corrected chi connectivity index (χ3v) is 3.18. The van der Waals surface area contributed by atoms with Gasteiger partial charge in [0.25, 0.3) is 0 Å². The Balaban J connectivity index is 2.05. The topological polar surface area (TPSA) is 67.8 Å². The molecular weight excluding hydrogens is 271 g/mol. The molecule has 2 aromatic rings. The van der Waals surface area contributed by atoms with Crippen LogP contribution < -0.4 is 10.5 Å². The predicted molar refractivity (Wildman–Crippen MR) is 79.1 cm³/mol. The number of hydrogen-bond acceptors (Lipinski definition) is 3. The lowest BCUT2D eigenvalue weighted by Gasteiger charge is -2.09. The predicted octanol–water partition coefficient (Wildman–Crippen LogP) is 3.06. The summed E-state index contributed by atoms with van der Waals surface area (Å²) >= 11 is 0. The van der Waals surface area contributed by atoms with E-state index < -0.39 is 5.82 Å². The van der Waals surface area contributed by atoms with Crippen molar-refractivity contribution < 1.29 is 14.3 Å². The van der Waals surface area contributed by atoms with Gasteiger partial charge in [0.1, 0.15) is 18.2 Å². The molecule has 2 rings (SSSR count). The van der Waals surface area contributed by atoms with Gasteiger partial charge >= 0.3 is 0 Å². The molecule has 0 heterocycles. The van der Waals surface area contributed by atoms with Crippen molar-refractivity contribution in [2.45, 2.75) is 20.0 Å². The maximum absolute atomic E-state index is 13.9. The van der Waals surface area contributed by atoms with Crippen LogP contribution in [-0.2, 0) is 13.0 Å². The Morgan fingerprint density at radius 3 is 2.52 bits per heavy atom. The van der Waals surface area contributed by atoms with Crippen molar-refractivity contribution in [1.82, 2.24) is 0 Å². The maximum atomic E-state index is 13.9. The molecule has 0 aromatic heterocycles. The molecule has 21 heavy (non-hydrogen) atoms. The Hall–Kier alpha value is -2.56. The van der Waals surface area contributed by atoms with Crippen molar-refractivity contribution in [2.75, 3.05) is 0 Å². The van der Waals surface area contributed by atoms with Crippen LogP contribution in [0.15, 0.2) is 47.6 Å². The summed E-state index contributed by atoms with van der Waals surface area (Å²) in [5.41, 5.74) is 7.36. The summed E-state index contributed by atoms with van der Waals surface area (Å²) < 4.78 is 19.4. The highest BCUT2D eigenvalue weighted by atomic mass is 19.1. The van der Waals surface area contributed by atoms with Crippen molar-refractivity contribution in [3.63, 3.8) is 0 Å². The lowest BCUT2D eigenvalue weighted by molar-refractivity contribution is 0.299. The van der Waals surface area contributed by atoms with Gasteiger partial charge in [-0.1, -0.05) is 36.3 Å². The fraction of sp³-hybridized carbons (Fsp3) is 0.188. The summed E-state index contributed by atoms with van der Waals surface area (Å²) in [5.74, 6) is 0.105. The van der Waals surface area contributed by atoms with E-state index in [1.807, 2.05) is 24.3 Å². The third-order valence-electron chi connectivity index (χ3n) is 3.18. The van der Waals surface area contributed by atoms with Crippen molar-refractivity contribution in [3.05, 3.63) is 65.0 Å². The van der Waals surface area contributed by atoms with Crippen LogP contribution in [0, 0.1) is 5.82 Å². The SMILES string of the molecule is CCc1ccc(OCc2ccc(/C(N)=N/O)cc2F)cc1. The summed E-state index contributed by atoms with van der Waals surface area (Å²) in [6, 6.07) is 12.0. The summed E-state index contributed by atoms with van der Waals surface area (Å²) in [5, 5.41) is 11.4. The minimum absolute atomic E-state index is 0.119. The zero-order valence-electron chi connectivity index (χ0n) is 11.7. The van der Waals surface area contributed by atoms with Gasteiger partial charge in [0, 0.05) is 11.1 Å². The van der Waals surface area contributed by atoms with Crippen LogP contribution in [0.4, 0.5) is 4.39 Å². The van der Waals surface area contributed by atoms with E-state index in [2.05, 4.69) is 12.1 Å². The maximum Gasteiger partial charge on any atom is 0.170 e. The Labute approximate surface area is 122 Å². The average Bonchev–Trinajstić information content (AvgIpc) is 2.53. The number of benzene rings is 2. The molecule has 0 amide bonds. The van der Waals surface area contributed by atoms with Crippen molar-refractivity contribution in [1.29, 1.82) is 0 Å². The van der Waals surface area contributed by atoms with E-state index in [4.69, 9.17) is 15.7 Å². The third kappa shape index (κ3) is 3.72. The van der Waals surface area contributed by atoms with Crippen LogP contribution in [0.25, 0.3) is 0 Å². The van der Waals surface area contributed by atoms with Crippen LogP contribution in [0.1, 0.15) is 23.6 Å². The molecular formula is C16H17FN2O2. The average molecular weight is 288 g/mol. The Bertz CT molecular complexity index is 639. The highest BCUT2D eigenvalue weighted by Gasteiger charge is 2.07. The molecule has 110 valence electrons. The molecule has 0 aliphatic rings. The second-order valence-electron chi connectivity index (χ2n) is 4.58. The van der Waals surface area contributed by atoms with Gasteiger partial charge < -0.3 is 15.7 Å². The molecule has 0 saturated heterocycles. The highest BCUT2D eigenvalue weighted by Crippen LogP contribution is 2.16. The molecule has 0 aliphatic heterocycles. The molecule has 0 aliphatic carbocycles. The number of hydrogen-bond donors (Lipinski definition) is 2. The minimum Gasteiger partial charge on any atom is -0.489 e. The second-order valence-corrected chi connectivity index (χ2v) is 4.58. The molecule has 0 bridgehead atoms. The molecule has 5 heteroatoms. The largest absolute Gasteiger partial charge is 0.489 e. The Morgan fingerprint density at radius 2 is 1.95 bits per heavy atom. The van der Waals surface area contributed by atoms with E-state index in [9.17, 15) is 4.39 Å². The smallest absolute Gasteiger partial charge is 0.170 e. The number of oxime groups is 1. The van der Waals surface area contributed by atoms with Gasteiger partial charge in [-0.15, -0.1) is 0 Å². The molecule has 0 atom stereocenters. The van der Waals surface area contributed by atoms with Crippen LogP contribution in [0.3, 0.4) is 0 Å². The number of nitrogens with zero attached hydrogens (tertiary/aromatic N) is 1. The van der Waals surface area contributed by atoms with Crippen molar-refractivity contribution in [2.24, 2.45) is 10.9 Å². The van der Waals surface area contributed by atoms with Gasteiger partial charge in [-0.3, -0.25) is 0 Å². The van der Waals surface area contributed by atoms with E-state index in [1.54, 1.807) is 12.1 Å². The lowest BCUT2D eigenvalue weighted by atomic mass is 10.1. The zero-order valence-corrected chi connectivity index (χ0v) is 11.7. The van der Waals surface area contributed by atoms with Crippen LogP contribution in [0.2, 0.25) is 0 Å². The number of ether oxygens (including phenoxy) is 1. The van der Waals surface area contributed by atoms with Gasteiger partial charge in [0.05, 0.1) is 0 Å². The van der Waals surface area contributed by atoms with Crippen LogP contribution in [0.5, 0.6) is 5.75 Å².